The second kappa shape index (κ2) is 5.00. The molecule has 104 valence electrons. The van der Waals surface area contributed by atoms with Gasteiger partial charge in [0.25, 0.3) is 0 Å². The van der Waals surface area contributed by atoms with Gasteiger partial charge in [0.2, 0.25) is 5.91 Å². The molecule has 3 heterocycles. The minimum Gasteiger partial charge on any atom is -0.477 e. The van der Waals surface area contributed by atoms with Crippen LogP contribution in [0.5, 0.6) is 0 Å². The first-order valence-electron chi connectivity index (χ1n) is 5.71. The fourth-order valence-electron chi connectivity index (χ4n) is 2.10. The molecule has 1 aromatic rings. The number of carbonyl (C=O) groups is 2. The Balaban J connectivity index is 1.94. The number of rotatable bonds is 3. The van der Waals surface area contributed by atoms with Crippen LogP contribution in [0.1, 0.15) is 5.69 Å². The lowest BCUT2D eigenvalue weighted by Gasteiger charge is -2.47. The van der Waals surface area contributed by atoms with Crippen LogP contribution in [0.25, 0.3) is 6.08 Å². The van der Waals surface area contributed by atoms with Crippen LogP contribution in [0.15, 0.2) is 22.7 Å². The molecule has 0 spiro atoms. The van der Waals surface area contributed by atoms with Crippen molar-refractivity contribution in [1.82, 2.24) is 14.5 Å². The Bertz CT molecular complexity index is 626. The molecule has 0 bridgehead atoms. The first kappa shape index (κ1) is 13.3. The van der Waals surface area contributed by atoms with Crippen LogP contribution in [-0.4, -0.2) is 48.6 Å². The smallest absolute Gasteiger partial charge is 0.352 e. The fourth-order valence-corrected chi connectivity index (χ4v) is 3.79. The summed E-state index contributed by atoms with van der Waals surface area (Å²) in [6.07, 6.45) is 3.35. The molecule has 20 heavy (non-hydrogen) atoms. The Kier molecular flexibility index (Phi) is 3.32. The Morgan fingerprint density at radius 3 is 3.00 bits per heavy atom. The zero-order valence-electron chi connectivity index (χ0n) is 10.1. The van der Waals surface area contributed by atoms with Crippen molar-refractivity contribution in [3.8, 4) is 0 Å². The van der Waals surface area contributed by atoms with Gasteiger partial charge >= 0.3 is 5.97 Å². The van der Waals surface area contributed by atoms with E-state index in [4.69, 9.17) is 5.73 Å². The van der Waals surface area contributed by atoms with Crippen molar-refractivity contribution in [1.29, 1.82) is 0 Å². The number of β-lactam (4-membered cyclic amide) rings is 1. The molecular formula is C11H10N4O3S2. The first-order chi connectivity index (χ1) is 9.59. The van der Waals surface area contributed by atoms with Crippen LogP contribution >= 0.6 is 23.3 Å². The number of carboxylic acid groups (broad SMARTS) is 1. The fraction of sp³-hybridized carbons (Fsp3) is 0.273. The van der Waals surface area contributed by atoms with Gasteiger partial charge in [-0.1, -0.05) is 10.6 Å². The largest absolute Gasteiger partial charge is 0.477 e. The maximum absolute atomic E-state index is 11.7. The molecule has 1 fully saturated rings. The quantitative estimate of drug-likeness (QED) is 0.764. The number of carboxylic acids is 1. The summed E-state index contributed by atoms with van der Waals surface area (Å²) in [6.45, 7) is 0. The van der Waals surface area contributed by atoms with Gasteiger partial charge in [-0.05, 0) is 23.2 Å². The van der Waals surface area contributed by atoms with E-state index in [2.05, 4.69) is 9.59 Å². The third-order valence-corrected chi connectivity index (χ3v) is 4.92. The van der Waals surface area contributed by atoms with Gasteiger partial charge in [-0.25, -0.2) is 4.79 Å². The summed E-state index contributed by atoms with van der Waals surface area (Å²) in [5.41, 5.74) is 6.92. The molecule has 1 aromatic heterocycles. The lowest BCUT2D eigenvalue weighted by atomic mass is 10.0. The SMILES string of the molecule is NC1C(=O)N2C(C(=O)O)=C(C=Cc3csnn3)CS[C@@H]12. The summed E-state index contributed by atoms with van der Waals surface area (Å²) >= 11 is 2.68. The van der Waals surface area contributed by atoms with Gasteiger partial charge in [0.1, 0.15) is 17.1 Å². The van der Waals surface area contributed by atoms with Gasteiger partial charge < -0.3 is 10.8 Å². The van der Waals surface area contributed by atoms with Gasteiger partial charge in [0.05, 0.1) is 5.69 Å². The highest BCUT2D eigenvalue weighted by Gasteiger charge is 2.51. The lowest BCUT2D eigenvalue weighted by Crippen LogP contribution is -2.68. The Morgan fingerprint density at radius 1 is 1.55 bits per heavy atom. The normalized spacial score (nSPS) is 25.9. The van der Waals surface area contributed by atoms with E-state index in [0.29, 0.717) is 17.0 Å². The molecule has 9 heteroatoms. The van der Waals surface area contributed by atoms with Gasteiger partial charge in [-0.2, -0.15) is 0 Å². The van der Waals surface area contributed by atoms with Crippen molar-refractivity contribution < 1.29 is 14.7 Å². The van der Waals surface area contributed by atoms with Crippen molar-refractivity contribution in [2.75, 3.05) is 5.75 Å². The van der Waals surface area contributed by atoms with Crippen molar-refractivity contribution in [3.63, 3.8) is 0 Å². The molecule has 2 aliphatic heterocycles. The van der Waals surface area contributed by atoms with Gasteiger partial charge in [0, 0.05) is 11.1 Å². The molecule has 0 aromatic carbocycles. The highest BCUT2D eigenvalue weighted by atomic mass is 32.2. The Labute approximate surface area is 122 Å². The predicted octanol–water partition coefficient (Wildman–Crippen LogP) is 0.132. The average molecular weight is 310 g/mol. The summed E-state index contributed by atoms with van der Waals surface area (Å²) in [5.74, 6) is -0.967. The highest BCUT2D eigenvalue weighted by molar-refractivity contribution is 8.00. The molecule has 1 unspecified atom stereocenters. The number of fused-ring (bicyclic) bond motifs is 1. The molecule has 0 aliphatic carbocycles. The second-order valence-electron chi connectivity index (χ2n) is 4.28. The lowest BCUT2D eigenvalue weighted by molar-refractivity contribution is -0.147. The van der Waals surface area contributed by atoms with Gasteiger partial charge in [-0.3, -0.25) is 9.69 Å². The molecular weight excluding hydrogens is 300 g/mol. The standard InChI is InChI=1S/C11H10N4O3S2/c12-7-9(16)15-8(11(17)18)5(3-19-10(7)15)1-2-6-4-20-14-13-6/h1-2,4,7,10H,3,12H2,(H,17,18)/t7?,10-/m0/s1. The minimum atomic E-state index is -1.12. The third-order valence-electron chi connectivity index (χ3n) is 3.07. The number of nitrogens with two attached hydrogens (primary N) is 1. The Hall–Kier alpha value is -1.71. The molecule has 0 saturated carbocycles. The van der Waals surface area contributed by atoms with Crippen LogP contribution < -0.4 is 5.73 Å². The molecule has 3 rings (SSSR count). The second-order valence-corrected chi connectivity index (χ2v) is 5.99. The van der Waals surface area contributed by atoms with E-state index in [0.717, 1.165) is 0 Å². The van der Waals surface area contributed by atoms with E-state index in [1.807, 2.05) is 0 Å². The minimum absolute atomic E-state index is 0.0138. The van der Waals surface area contributed by atoms with E-state index >= 15 is 0 Å². The summed E-state index contributed by atoms with van der Waals surface area (Å²) in [7, 11) is 0. The number of hydrogen-bond acceptors (Lipinski definition) is 7. The van der Waals surface area contributed by atoms with Crippen LogP contribution in [0.3, 0.4) is 0 Å². The van der Waals surface area contributed by atoms with E-state index in [1.54, 1.807) is 17.5 Å². The third kappa shape index (κ3) is 2.03. The Morgan fingerprint density at radius 2 is 2.35 bits per heavy atom. The number of nitrogens with zero attached hydrogens (tertiary/aromatic N) is 3. The zero-order valence-corrected chi connectivity index (χ0v) is 11.7. The maximum Gasteiger partial charge on any atom is 0.352 e. The summed E-state index contributed by atoms with van der Waals surface area (Å²) in [4.78, 5) is 24.4. The number of hydrogen-bond donors (Lipinski definition) is 2. The molecule has 7 nitrogen and oxygen atoms in total. The van der Waals surface area contributed by atoms with E-state index in [1.165, 1.54) is 28.2 Å². The molecule has 1 amide bonds. The number of allylic oxidation sites excluding steroid dienone is 1. The van der Waals surface area contributed by atoms with E-state index in [-0.39, 0.29) is 17.0 Å². The van der Waals surface area contributed by atoms with E-state index in [9.17, 15) is 14.7 Å². The first-order valence-corrected chi connectivity index (χ1v) is 7.60. The van der Waals surface area contributed by atoms with Gasteiger partial charge in [0.15, 0.2) is 0 Å². The topological polar surface area (TPSA) is 109 Å². The van der Waals surface area contributed by atoms with E-state index < -0.39 is 12.0 Å². The van der Waals surface area contributed by atoms with Crippen LogP contribution in [0, 0.1) is 0 Å². The predicted molar refractivity (Wildman–Crippen MR) is 74.7 cm³/mol. The number of aliphatic carboxylic acids is 1. The number of carbonyl (C=O) groups excluding carboxylic acids is 1. The molecule has 2 atom stereocenters. The average Bonchev–Trinajstić information content (AvgIpc) is 2.96. The summed E-state index contributed by atoms with van der Waals surface area (Å²) < 4.78 is 3.72. The molecule has 1 saturated heterocycles. The van der Waals surface area contributed by atoms with Crippen molar-refractivity contribution in [3.05, 3.63) is 28.4 Å². The zero-order chi connectivity index (χ0) is 14.3. The van der Waals surface area contributed by atoms with Crippen molar-refractivity contribution >= 4 is 41.2 Å². The number of amides is 1. The van der Waals surface area contributed by atoms with Crippen molar-refractivity contribution in [2.24, 2.45) is 5.73 Å². The number of thioether (sulfide) groups is 1. The molecule has 3 N–H and O–H groups in total. The monoisotopic (exact) mass is 310 g/mol. The van der Waals surface area contributed by atoms with Crippen LogP contribution in [0.2, 0.25) is 0 Å². The summed E-state index contributed by atoms with van der Waals surface area (Å²) in [6, 6.07) is -0.609. The van der Waals surface area contributed by atoms with Crippen LogP contribution in [0.4, 0.5) is 0 Å². The molecule has 2 aliphatic rings. The number of aromatic nitrogens is 2. The summed E-state index contributed by atoms with van der Waals surface area (Å²) in [5, 5.41) is 14.7. The molecule has 0 radical (unpaired) electrons. The van der Waals surface area contributed by atoms with Crippen LogP contribution in [-0.2, 0) is 9.59 Å². The van der Waals surface area contributed by atoms with Gasteiger partial charge in [-0.15, -0.1) is 16.9 Å². The maximum atomic E-state index is 11.7. The van der Waals surface area contributed by atoms with Crippen molar-refractivity contribution in [2.45, 2.75) is 11.4 Å². The highest BCUT2D eigenvalue weighted by Crippen LogP contribution is 2.39.